The van der Waals surface area contributed by atoms with E-state index in [-0.39, 0.29) is 49.8 Å². The molecule has 4 atom stereocenters. The number of amides is 6. The highest BCUT2D eigenvalue weighted by Crippen LogP contribution is 2.26. The van der Waals surface area contributed by atoms with Gasteiger partial charge in [0, 0.05) is 84.3 Å². The van der Waals surface area contributed by atoms with Gasteiger partial charge in [0.05, 0.1) is 39.6 Å². The lowest BCUT2D eigenvalue weighted by atomic mass is 10.1. The quantitative estimate of drug-likeness (QED) is 0.0657. The largest absolute Gasteiger partial charge is 0.439 e. The van der Waals surface area contributed by atoms with Crippen molar-refractivity contribution in [3.05, 3.63) is 124 Å². The summed E-state index contributed by atoms with van der Waals surface area (Å²) in [5.41, 5.74) is 8.98. The van der Waals surface area contributed by atoms with Crippen LogP contribution >= 0.6 is 0 Å². The maximum atomic E-state index is 13.2. The van der Waals surface area contributed by atoms with Crippen molar-refractivity contribution in [2.24, 2.45) is 5.73 Å². The number of benzene rings is 4. The lowest BCUT2D eigenvalue weighted by molar-refractivity contribution is -0.150. The maximum absolute atomic E-state index is 13.2. The van der Waals surface area contributed by atoms with Crippen LogP contribution in [-0.4, -0.2) is 175 Å². The monoisotopic (exact) mass is 1000 g/mol. The molecule has 1 aromatic heterocycles. The molecule has 4 fully saturated rings. The van der Waals surface area contributed by atoms with Crippen LogP contribution in [0.3, 0.4) is 0 Å². The summed E-state index contributed by atoms with van der Waals surface area (Å²) in [5, 5.41) is 37.3. The molecule has 5 heterocycles. The van der Waals surface area contributed by atoms with Crippen molar-refractivity contribution < 1.29 is 62.5 Å². The zero-order valence-corrected chi connectivity index (χ0v) is 39.1. The molecule has 0 unspecified atom stereocenters. The second kappa shape index (κ2) is 23.4. The molecule has 382 valence electrons. The fourth-order valence-electron chi connectivity index (χ4n) is 8.20. The number of nitrogens with two attached hydrogens (primary N) is 1. The van der Waals surface area contributed by atoms with Crippen LogP contribution in [-0.2, 0) is 38.1 Å². The molecule has 73 heavy (non-hydrogen) atoms. The van der Waals surface area contributed by atoms with Crippen LogP contribution in [0.5, 0.6) is 0 Å². The summed E-state index contributed by atoms with van der Waals surface area (Å²) in [7, 11) is 0. The molecule has 0 spiro atoms. The van der Waals surface area contributed by atoms with E-state index >= 15 is 0 Å². The van der Waals surface area contributed by atoms with Gasteiger partial charge < -0.3 is 65.1 Å². The molecule has 4 aliphatic heterocycles. The zero-order valence-electron chi connectivity index (χ0n) is 39.1. The van der Waals surface area contributed by atoms with E-state index in [9.17, 15) is 43.8 Å². The van der Waals surface area contributed by atoms with Crippen LogP contribution in [0.25, 0.3) is 11.4 Å². The van der Waals surface area contributed by atoms with Gasteiger partial charge in [-0.2, -0.15) is 0 Å². The van der Waals surface area contributed by atoms with Gasteiger partial charge in [-0.25, -0.2) is 4.79 Å². The van der Waals surface area contributed by atoms with Crippen LogP contribution in [0.15, 0.2) is 106 Å². The van der Waals surface area contributed by atoms with Gasteiger partial charge in [-0.05, 0) is 84.9 Å². The van der Waals surface area contributed by atoms with Gasteiger partial charge in [0.15, 0.2) is 30.2 Å². The summed E-state index contributed by atoms with van der Waals surface area (Å²) >= 11 is 0. The van der Waals surface area contributed by atoms with Gasteiger partial charge in [-0.15, -0.1) is 0 Å². The Kier molecular flexibility index (Phi) is 16.4. The zero-order chi connectivity index (χ0) is 51.6. The number of aromatic nitrogens is 2. The molecule has 4 aromatic carbocycles. The third-order valence-electron chi connectivity index (χ3n) is 12.1. The first-order valence-corrected chi connectivity index (χ1v) is 23.1. The van der Waals surface area contributed by atoms with Crippen molar-refractivity contribution in [1.82, 2.24) is 19.9 Å². The van der Waals surface area contributed by atoms with Gasteiger partial charge in [0.25, 0.3) is 35.4 Å². The minimum absolute atomic E-state index is 0.0903. The molecule has 0 radical (unpaired) electrons. The fourth-order valence-corrected chi connectivity index (χ4v) is 8.20. The Labute approximate surface area is 416 Å². The van der Waals surface area contributed by atoms with E-state index in [1.807, 2.05) is 0 Å². The highest BCUT2D eigenvalue weighted by Gasteiger charge is 2.41. The number of nitrogens with zero attached hydrogens (tertiary/aromatic N) is 5. The second-order valence-corrected chi connectivity index (χ2v) is 16.9. The molecule has 6 amide bonds. The molecule has 24 nitrogen and oxygen atoms in total. The number of amidine groups is 1. The summed E-state index contributed by atoms with van der Waals surface area (Å²) in [6, 6.07) is 25.8. The van der Waals surface area contributed by atoms with Crippen LogP contribution < -0.4 is 31.9 Å². The number of nitrogens with one attached hydrogen (secondary N) is 4. The summed E-state index contributed by atoms with van der Waals surface area (Å²) in [6.45, 7) is 4.51. The summed E-state index contributed by atoms with van der Waals surface area (Å²) in [5.74, 6) is -3.70. The first-order valence-electron chi connectivity index (χ1n) is 23.1. The molecular formula is C49H52N10O14. The van der Waals surface area contributed by atoms with Crippen molar-refractivity contribution in [2.75, 3.05) is 99.3 Å². The van der Waals surface area contributed by atoms with Crippen LogP contribution in [0.4, 0.5) is 22.7 Å². The Bertz CT molecular complexity index is 2880. The van der Waals surface area contributed by atoms with Crippen molar-refractivity contribution in [3.8, 4) is 11.4 Å². The molecule has 5 aromatic rings. The number of carbonyl (C=O) groups excluding carboxylic acids is 6. The third-order valence-corrected chi connectivity index (χ3v) is 12.1. The second-order valence-electron chi connectivity index (χ2n) is 16.9. The molecule has 4 aliphatic rings. The first-order chi connectivity index (χ1) is 35.2. The number of hydrogen-bond donors (Lipinski definition) is 7. The van der Waals surface area contributed by atoms with Gasteiger partial charge >= 0.3 is 5.76 Å². The number of aliphatic hydroxyl groups excluding tert-OH is 2. The molecule has 4 saturated heterocycles. The number of anilines is 4. The van der Waals surface area contributed by atoms with Crippen molar-refractivity contribution in [2.45, 2.75) is 24.4 Å². The van der Waals surface area contributed by atoms with E-state index in [0.29, 0.717) is 97.6 Å². The summed E-state index contributed by atoms with van der Waals surface area (Å²) in [6.07, 6.45) is -6.37. The predicted molar refractivity (Wildman–Crippen MR) is 260 cm³/mol. The molecule has 9 rings (SSSR count). The molecule has 0 bridgehead atoms. The Hall–Kier alpha value is -8.13. The van der Waals surface area contributed by atoms with Gasteiger partial charge in [0.1, 0.15) is 5.84 Å². The number of H-pyrrole nitrogens is 1. The Morgan fingerprint density at radius 1 is 0.616 bits per heavy atom. The lowest BCUT2D eigenvalue weighted by Crippen LogP contribution is -2.55. The summed E-state index contributed by atoms with van der Waals surface area (Å²) < 4.78 is 26.0. The molecular weight excluding hydrogens is 953 g/mol. The average Bonchev–Trinajstić information content (AvgIpc) is 3.87. The van der Waals surface area contributed by atoms with Crippen LogP contribution in [0, 0.1) is 5.41 Å². The Balaban J connectivity index is 0.000000196. The highest BCUT2D eigenvalue weighted by molar-refractivity contribution is 6.06. The average molecular weight is 1010 g/mol. The topological polar surface area (TPSA) is 326 Å². The number of carbonyl (C=O) groups is 6. The molecule has 0 saturated carbocycles. The molecule has 0 aliphatic carbocycles. The van der Waals surface area contributed by atoms with Gasteiger partial charge in [-0.1, -0.05) is 17.3 Å². The number of hydrogen-bond acceptors (Lipinski definition) is 16. The number of morpholine rings is 4. The third kappa shape index (κ3) is 12.3. The molecule has 24 heteroatoms. The van der Waals surface area contributed by atoms with Crippen molar-refractivity contribution in [1.29, 1.82) is 5.41 Å². The normalized spacial score (nSPS) is 19.0. The first kappa shape index (κ1) is 51.2. The minimum Gasteiger partial charge on any atom is -0.384 e. The highest BCUT2D eigenvalue weighted by atomic mass is 16.5. The van der Waals surface area contributed by atoms with Gasteiger partial charge in [-0.3, -0.25) is 43.7 Å². The van der Waals surface area contributed by atoms with E-state index in [1.54, 1.807) is 94.7 Å². The Morgan fingerprint density at radius 3 is 1.47 bits per heavy atom. The van der Waals surface area contributed by atoms with E-state index in [2.05, 4.69) is 25.3 Å². The number of aromatic amines is 1. The summed E-state index contributed by atoms with van der Waals surface area (Å²) in [4.78, 5) is 97.1. The van der Waals surface area contributed by atoms with Crippen LogP contribution in [0.2, 0.25) is 0 Å². The standard InChI is InChI=1S/C25H25N5O8.C24H27N5O6/c31-19(22(32)26-17-6-4-15(5-7-17)21-27-25(35)38-28-21)20-24(34)30(10-13-37-20)18-3-1-2-16(14-18)23(33)29-8-11-36-12-9-29;25-21(26)15-4-6-17(7-5-15)27-22(31)19(30)20-24(33)29(10-13-35-20)18-3-1-2-16(14-18)23(32)28-8-11-34-12-9-28/h1-7,14,19-20,31H,8-13H2,(H,26,32)(H,27,28,35);1-7,14,19-20,30H,8-13H2,(H3,25,26)(H,27,31)/t2*19-,20-/m11/s1. The van der Waals surface area contributed by atoms with E-state index in [0.717, 1.165) is 0 Å². The lowest BCUT2D eigenvalue weighted by Gasteiger charge is -2.34. The van der Waals surface area contributed by atoms with E-state index in [1.165, 1.54) is 21.9 Å². The maximum Gasteiger partial charge on any atom is 0.439 e. The van der Waals surface area contributed by atoms with Crippen molar-refractivity contribution >= 4 is 64.0 Å². The smallest absolute Gasteiger partial charge is 0.384 e. The number of aliphatic hydroxyl groups is 2. The number of rotatable bonds is 12. The number of nitrogen functional groups attached to an aromatic ring is 1. The van der Waals surface area contributed by atoms with E-state index < -0.39 is 53.8 Å². The Morgan fingerprint density at radius 2 is 1.05 bits per heavy atom. The predicted octanol–water partition coefficient (Wildman–Crippen LogP) is 0.408. The minimum atomic E-state index is -1.78. The van der Waals surface area contributed by atoms with E-state index in [4.69, 9.17) is 30.1 Å². The number of ether oxygens (including phenoxy) is 4. The van der Waals surface area contributed by atoms with Gasteiger partial charge in [0.2, 0.25) is 0 Å². The van der Waals surface area contributed by atoms with Crippen LogP contribution in [0.1, 0.15) is 26.3 Å². The molecule has 8 N–H and O–H groups in total. The fraction of sp³-hybridized carbons (Fsp3) is 0.327. The van der Waals surface area contributed by atoms with Crippen molar-refractivity contribution in [3.63, 3.8) is 0 Å². The SMILES string of the molecule is N=C(N)c1ccc(NC(=O)[C@H](O)[C@H]2OCCN(c3cccc(C(=O)N4CCOCC4)c3)C2=O)cc1.O=C(Nc1ccc(-c2noc(=O)[nH]2)cc1)[C@H](O)[C@H]1OCCN(c2cccc(C(=O)N3CCOCC3)c2)C1=O.